The lowest BCUT2D eigenvalue weighted by Gasteiger charge is -2.33. The molecule has 4 unspecified atom stereocenters. The smallest absolute Gasteiger partial charge is 0.232 e. The highest BCUT2D eigenvalue weighted by atomic mass is 16.6. The first-order chi connectivity index (χ1) is 9.59. The molecule has 1 aliphatic heterocycles. The van der Waals surface area contributed by atoms with Crippen molar-refractivity contribution in [3.05, 3.63) is 39.9 Å². The van der Waals surface area contributed by atoms with Gasteiger partial charge in [0.05, 0.1) is 12.0 Å². The highest BCUT2D eigenvalue weighted by Gasteiger charge is 2.46. The van der Waals surface area contributed by atoms with Crippen molar-refractivity contribution in [3.8, 4) is 0 Å². The van der Waals surface area contributed by atoms with Crippen molar-refractivity contribution < 1.29 is 9.72 Å². The summed E-state index contributed by atoms with van der Waals surface area (Å²) in [5, 5.41) is 13.9. The van der Waals surface area contributed by atoms with E-state index in [0.29, 0.717) is 6.42 Å². The number of carbonyl (C=O) groups excluding carboxylic acids is 1. The lowest BCUT2D eigenvalue weighted by Crippen LogP contribution is -2.50. The van der Waals surface area contributed by atoms with E-state index in [1.165, 1.54) is 0 Å². The van der Waals surface area contributed by atoms with Crippen LogP contribution in [0, 0.1) is 16.0 Å². The maximum atomic E-state index is 12.2. The van der Waals surface area contributed by atoms with Gasteiger partial charge in [0.2, 0.25) is 11.9 Å². The SMILES string of the molecule is NC1C(C2C(=O)Nc3ccccc32)CCCC1[N+](=O)[O-]. The molecule has 0 saturated heterocycles. The van der Waals surface area contributed by atoms with Crippen LogP contribution in [0.3, 0.4) is 0 Å². The average molecular weight is 275 g/mol. The lowest BCUT2D eigenvalue weighted by atomic mass is 9.72. The number of nitro groups is 1. The van der Waals surface area contributed by atoms with Gasteiger partial charge in [-0.2, -0.15) is 0 Å². The molecule has 1 aromatic carbocycles. The van der Waals surface area contributed by atoms with Gasteiger partial charge in [0, 0.05) is 17.0 Å². The van der Waals surface area contributed by atoms with Gasteiger partial charge in [0.1, 0.15) is 0 Å². The van der Waals surface area contributed by atoms with Crippen LogP contribution in [0.4, 0.5) is 5.69 Å². The second-order valence-electron chi connectivity index (χ2n) is 5.58. The van der Waals surface area contributed by atoms with Gasteiger partial charge in [0.25, 0.3) is 0 Å². The fourth-order valence-corrected chi connectivity index (χ4v) is 3.53. The fraction of sp³-hybridized carbons (Fsp3) is 0.500. The molecule has 1 amide bonds. The Morgan fingerprint density at radius 1 is 1.30 bits per heavy atom. The third kappa shape index (κ3) is 1.96. The van der Waals surface area contributed by atoms with Crippen LogP contribution in [0.15, 0.2) is 24.3 Å². The molecule has 6 nitrogen and oxygen atoms in total. The Hall–Kier alpha value is -1.95. The number of nitrogens with zero attached hydrogens (tertiary/aromatic N) is 1. The number of fused-ring (bicyclic) bond motifs is 1. The molecule has 1 fully saturated rings. The summed E-state index contributed by atoms with van der Waals surface area (Å²) in [6.07, 6.45) is 2.01. The van der Waals surface area contributed by atoms with E-state index in [1.807, 2.05) is 24.3 Å². The number of rotatable bonds is 2. The summed E-state index contributed by atoms with van der Waals surface area (Å²) in [6, 6.07) is 6.19. The molecule has 4 atom stereocenters. The normalized spacial score (nSPS) is 32.5. The number of benzene rings is 1. The van der Waals surface area contributed by atoms with E-state index in [1.54, 1.807) is 0 Å². The number of para-hydroxylation sites is 1. The van der Waals surface area contributed by atoms with Gasteiger partial charge >= 0.3 is 0 Å². The first-order valence-corrected chi connectivity index (χ1v) is 6.88. The standard InChI is InChI=1S/C14H17N3O3/c15-13-9(5-3-7-11(13)17(19)20)12-8-4-1-2-6-10(8)16-14(12)18/h1-2,4,6,9,11-13H,3,5,7,15H2,(H,16,18). The topological polar surface area (TPSA) is 98.3 Å². The number of carbonyl (C=O) groups is 1. The summed E-state index contributed by atoms with van der Waals surface area (Å²) < 4.78 is 0. The maximum absolute atomic E-state index is 12.2. The van der Waals surface area contributed by atoms with Gasteiger partial charge in [0.15, 0.2) is 0 Å². The van der Waals surface area contributed by atoms with Crippen molar-refractivity contribution in [1.29, 1.82) is 0 Å². The highest BCUT2D eigenvalue weighted by Crippen LogP contribution is 2.42. The molecule has 1 heterocycles. The molecule has 0 aromatic heterocycles. The average Bonchev–Trinajstić information content (AvgIpc) is 2.75. The van der Waals surface area contributed by atoms with E-state index in [2.05, 4.69) is 5.32 Å². The predicted octanol–water partition coefficient (Wildman–Crippen LogP) is 1.49. The van der Waals surface area contributed by atoms with E-state index in [4.69, 9.17) is 5.73 Å². The van der Waals surface area contributed by atoms with Gasteiger partial charge in [-0.3, -0.25) is 14.9 Å². The Labute approximate surface area is 116 Å². The predicted molar refractivity (Wildman–Crippen MR) is 73.9 cm³/mol. The van der Waals surface area contributed by atoms with E-state index in [-0.39, 0.29) is 22.7 Å². The van der Waals surface area contributed by atoms with E-state index < -0.39 is 12.1 Å². The minimum Gasteiger partial charge on any atom is -0.325 e. The summed E-state index contributed by atoms with van der Waals surface area (Å²) in [7, 11) is 0. The van der Waals surface area contributed by atoms with Crippen molar-refractivity contribution in [1.82, 2.24) is 0 Å². The Morgan fingerprint density at radius 3 is 2.80 bits per heavy atom. The zero-order chi connectivity index (χ0) is 14.3. The molecule has 0 bridgehead atoms. The first kappa shape index (κ1) is 13.1. The molecule has 1 aromatic rings. The van der Waals surface area contributed by atoms with Crippen LogP contribution >= 0.6 is 0 Å². The van der Waals surface area contributed by atoms with Gasteiger partial charge in [-0.15, -0.1) is 0 Å². The van der Waals surface area contributed by atoms with Gasteiger partial charge in [-0.05, 0) is 30.4 Å². The molecule has 1 aliphatic carbocycles. The van der Waals surface area contributed by atoms with Crippen LogP contribution in [0.25, 0.3) is 0 Å². The summed E-state index contributed by atoms with van der Waals surface area (Å²) in [6.45, 7) is 0. The van der Waals surface area contributed by atoms with Gasteiger partial charge in [-0.25, -0.2) is 0 Å². The molecule has 6 heteroatoms. The van der Waals surface area contributed by atoms with E-state index in [9.17, 15) is 14.9 Å². The molecule has 1 saturated carbocycles. The highest BCUT2D eigenvalue weighted by molar-refractivity contribution is 6.03. The van der Waals surface area contributed by atoms with Crippen molar-refractivity contribution >= 4 is 11.6 Å². The van der Waals surface area contributed by atoms with Crippen molar-refractivity contribution in [2.45, 2.75) is 37.3 Å². The quantitative estimate of drug-likeness (QED) is 0.631. The lowest BCUT2D eigenvalue weighted by molar-refractivity contribution is -0.530. The zero-order valence-electron chi connectivity index (χ0n) is 11.0. The molecule has 20 heavy (non-hydrogen) atoms. The second kappa shape index (κ2) is 4.86. The molecule has 3 N–H and O–H groups in total. The minimum atomic E-state index is -0.741. The minimum absolute atomic E-state index is 0.0874. The molecule has 0 spiro atoms. The molecule has 3 rings (SSSR count). The summed E-state index contributed by atoms with van der Waals surface area (Å²) in [5.74, 6) is -0.609. The maximum Gasteiger partial charge on any atom is 0.232 e. The number of nitrogens with two attached hydrogens (primary N) is 1. The van der Waals surface area contributed by atoms with Crippen LogP contribution in [0.5, 0.6) is 0 Å². The third-order valence-corrected chi connectivity index (χ3v) is 4.51. The van der Waals surface area contributed by atoms with Crippen molar-refractivity contribution in [2.75, 3.05) is 5.32 Å². The molecule has 2 aliphatic rings. The molecule has 106 valence electrons. The van der Waals surface area contributed by atoms with E-state index >= 15 is 0 Å². The Morgan fingerprint density at radius 2 is 2.05 bits per heavy atom. The second-order valence-corrected chi connectivity index (χ2v) is 5.58. The Balaban J connectivity index is 1.92. The van der Waals surface area contributed by atoms with E-state index in [0.717, 1.165) is 24.1 Å². The summed E-state index contributed by atoms with van der Waals surface area (Å²) >= 11 is 0. The third-order valence-electron chi connectivity index (χ3n) is 4.51. The van der Waals surface area contributed by atoms with Crippen LogP contribution in [-0.2, 0) is 4.79 Å². The number of hydrogen-bond donors (Lipinski definition) is 2. The number of anilines is 1. The molecular formula is C14H17N3O3. The molecule has 0 radical (unpaired) electrons. The molecular weight excluding hydrogens is 258 g/mol. The van der Waals surface area contributed by atoms with Crippen LogP contribution < -0.4 is 11.1 Å². The number of hydrogen-bond acceptors (Lipinski definition) is 4. The van der Waals surface area contributed by atoms with Crippen LogP contribution in [0.2, 0.25) is 0 Å². The van der Waals surface area contributed by atoms with Crippen molar-refractivity contribution in [2.24, 2.45) is 11.7 Å². The van der Waals surface area contributed by atoms with Gasteiger partial charge in [-0.1, -0.05) is 18.2 Å². The first-order valence-electron chi connectivity index (χ1n) is 6.88. The zero-order valence-corrected chi connectivity index (χ0v) is 11.0. The summed E-state index contributed by atoms with van der Waals surface area (Å²) in [5.41, 5.74) is 7.82. The largest absolute Gasteiger partial charge is 0.325 e. The van der Waals surface area contributed by atoms with Crippen molar-refractivity contribution in [3.63, 3.8) is 0 Å². The Bertz CT molecular complexity index is 560. The number of amides is 1. The van der Waals surface area contributed by atoms with Crippen LogP contribution in [-0.4, -0.2) is 22.9 Å². The fourth-order valence-electron chi connectivity index (χ4n) is 3.53. The number of nitrogens with one attached hydrogen (secondary N) is 1. The Kier molecular flexibility index (Phi) is 3.17. The monoisotopic (exact) mass is 275 g/mol. The van der Waals surface area contributed by atoms with Crippen LogP contribution in [0.1, 0.15) is 30.7 Å². The summed E-state index contributed by atoms with van der Waals surface area (Å²) in [4.78, 5) is 23.0. The van der Waals surface area contributed by atoms with Gasteiger partial charge < -0.3 is 11.1 Å².